The van der Waals surface area contributed by atoms with Gasteiger partial charge in [0, 0.05) is 51.6 Å². The predicted molar refractivity (Wildman–Crippen MR) is 112 cm³/mol. The minimum Gasteiger partial charge on any atom is -0.366 e. The Morgan fingerprint density at radius 3 is 2.50 bits per heavy atom. The molecule has 1 N–H and O–H groups in total. The highest BCUT2D eigenvalue weighted by molar-refractivity contribution is 5.73. The zero-order chi connectivity index (χ0) is 19.7. The van der Waals surface area contributed by atoms with Crippen LogP contribution in [0.2, 0.25) is 0 Å². The number of carbonyl (C=O) groups excluding carboxylic acids is 1. The van der Waals surface area contributed by atoms with Gasteiger partial charge in [-0.2, -0.15) is 4.98 Å². The van der Waals surface area contributed by atoms with Crippen LogP contribution in [-0.2, 0) is 23.2 Å². The van der Waals surface area contributed by atoms with E-state index in [-0.39, 0.29) is 11.3 Å². The average Bonchev–Trinajstić information content (AvgIpc) is 3.05. The lowest BCUT2D eigenvalue weighted by Crippen LogP contribution is -2.44. The van der Waals surface area contributed by atoms with Crippen LogP contribution in [0, 0.1) is 0 Å². The fraction of sp³-hybridized carbons (Fsp3) is 0.500. The van der Waals surface area contributed by atoms with Crippen molar-refractivity contribution in [2.24, 2.45) is 0 Å². The van der Waals surface area contributed by atoms with Crippen LogP contribution in [0.3, 0.4) is 0 Å². The molecule has 1 spiro atoms. The molecule has 2 aliphatic rings. The molecule has 1 amide bonds. The van der Waals surface area contributed by atoms with E-state index in [0.717, 1.165) is 57.1 Å². The quantitative estimate of drug-likeness (QED) is 0.885. The summed E-state index contributed by atoms with van der Waals surface area (Å²) in [5.41, 5.74) is 3.78. The van der Waals surface area contributed by atoms with Gasteiger partial charge in [0.05, 0.1) is 5.69 Å². The maximum Gasteiger partial charge on any atom is 0.227 e. The summed E-state index contributed by atoms with van der Waals surface area (Å²) in [4.78, 5) is 25.5. The van der Waals surface area contributed by atoms with E-state index in [0.29, 0.717) is 0 Å². The number of anilines is 2. The first-order valence-electron chi connectivity index (χ1n) is 10.1. The Balaban J connectivity index is 1.64. The number of amides is 1. The molecule has 0 unspecified atom stereocenters. The van der Waals surface area contributed by atoms with Gasteiger partial charge in [0.2, 0.25) is 11.9 Å². The first kappa shape index (κ1) is 18.7. The van der Waals surface area contributed by atoms with Crippen LogP contribution in [0.15, 0.2) is 30.3 Å². The van der Waals surface area contributed by atoms with Crippen molar-refractivity contribution < 1.29 is 4.79 Å². The number of rotatable bonds is 4. The van der Waals surface area contributed by atoms with E-state index >= 15 is 0 Å². The first-order chi connectivity index (χ1) is 13.5. The molecule has 148 valence electrons. The number of nitrogens with zero attached hydrogens (tertiary/aromatic N) is 4. The molecule has 2 heterocycles. The highest BCUT2D eigenvalue weighted by Gasteiger charge is 2.44. The number of hydrogen-bond donors (Lipinski definition) is 1. The Morgan fingerprint density at radius 1 is 1.14 bits per heavy atom. The standard InChI is InChI=1S/C22H29N5O/c1-16(28)27-13-11-22(12-14-27)10-9-18-19(22)24-21(26(2)3)25-20(18)23-15-17-7-5-4-6-8-17/h4-8H,9-15H2,1-3H3,(H,23,24,25). The molecule has 0 radical (unpaired) electrons. The van der Waals surface area contributed by atoms with Crippen molar-refractivity contribution in [1.29, 1.82) is 0 Å². The van der Waals surface area contributed by atoms with Crippen LogP contribution in [0.5, 0.6) is 0 Å². The lowest BCUT2D eigenvalue weighted by Gasteiger charge is -2.39. The number of piperidine rings is 1. The molecule has 1 fully saturated rings. The molecule has 1 aliphatic carbocycles. The summed E-state index contributed by atoms with van der Waals surface area (Å²) < 4.78 is 0. The molecule has 1 aromatic heterocycles. The number of benzene rings is 1. The van der Waals surface area contributed by atoms with Crippen LogP contribution >= 0.6 is 0 Å². The number of hydrogen-bond acceptors (Lipinski definition) is 5. The van der Waals surface area contributed by atoms with Crippen LogP contribution in [0.25, 0.3) is 0 Å². The first-order valence-corrected chi connectivity index (χ1v) is 10.1. The normalized spacial score (nSPS) is 17.5. The van der Waals surface area contributed by atoms with Crippen LogP contribution in [0.1, 0.15) is 43.0 Å². The highest BCUT2D eigenvalue weighted by Crippen LogP contribution is 2.47. The molecule has 6 heteroatoms. The third-order valence-corrected chi connectivity index (χ3v) is 6.22. The Bertz CT molecular complexity index is 857. The van der Waals surface area contributed by atoms with Crippen LogP contribution < -0.4 is 10.2 Å². The van der Waals surface area contributed by atoms with Crippen LogP contribution in [0.4, 0.5) is 11.8 Å². The van der Waals surface area contributed by atoms with Crippen molar-refractivity contribution in [3.05, 3.63) is 47.2 Å². The number of likely N-dealkylation sites (tertiary alicyclic amines) is 1. The molecule has 1 aromatic carbocycles. The second-order valence-electron chi connectivity index (χ2n) is 8.22. The van der Waals surface area contributed by atoms with Gasteiger partial charge in [0.25, 0.3) is 0 Å². The smallest absolute Gasteiger partial charge is 0.227 e. The molecule has 1 aliphatic heterocycles. The summed E-state index contributed by atoms with van der Waals surface area (Å²) in [5.74, 6) is 1.89. The second-order valence-corrected chi connectivity index (χ2v) is 8.22. The van der Waals surface area contributed by atoms with Gasteiger partial charge in [-0.1, -0.05) is 30.3 Å². The molecule has 1 saturated heterocycles. The zero-order valence-electron chi connectivity index (χ0n) is 17.0. The Labute approximate surface area is 167 Å². The Hall–Kier alpha value is -2.63. The van der Waals surface area contributed by atoms with E-state index in [1.165, 1.54) is 16.8 Å². The minimum absolute atomic E-state index is 0.0815. The second kappa shape index (κ2) is 7.41. The van der Waals surface area contributed by atoms with E-state index in [2.05, 4.69) is 29.6 Å². The molecule has 0 saturated carbocycles. The van der Waals surface area contributed by atoms with Gasteiger partial charge < -0.3 is 15.1 Å². The van der Waals surface area contributed by atoms with Gasteiger partial charge in [0.1, 0.15) is 5.82 Å². The van der Waals surface area contributed by atoms with Crippen LogP contribution in [-0.4, -0.2) is 48.0 Å². The molecule has 28 heavy (non-hydrogen) atoms. The largest absolute Gasteiger partial charge is 0.366 e. The summed E-state index contributed by atoms with van der Waals surface area (Å²) in [6.45, 7) is 4.06. The molecule has 0 bridgehead atoms. The summed E-state index contributed by atoms with van der Waals surface area (Å²) in [6, 6.07) is 10.4. The summed E-state index contributed by atoms with van der Waals surface area (Å²) in [6.07, 6.45) is 4.07. The fourth-order valence-electron chi connectivity index (χ4n) is 4.49. The summed E-state index contributed by atoms with van der Waals surface area (Å²) in [5, 5.41) is 3.56. The van der Waals surface area contributed by atoms with E-state index in [9.17, 15) is 4.79 Å². The maximum atomic E-state index is 11.7. The van der Waals surface area contributed by atoms with Gasteiger partial charge in [-0.3, -0.25) is 4.79 Å². The fourth-order valence-corrected chi connectivity index (χ4v) is 4.49. The molecule has 2 aromatic rings. The minimum atomic E-state index is 0.0815. The molecule has 0 atom stereocenters. The third-order valence-electron chi connectivity index (χ3n) is 6.22. The lowest BCUT2D eigenvalue weighted by atomic mass is 9.76. The third kappa shape index (κ3) is 3.43. The Kier molecular flexibility index (Phi) is 4.96. The molecular weight excluding hydrogens is 350 g/mol. The van der Waals surface area contributed by atoms with E-state index in [1.54, 1.807) is 6.92 Å². The average molecular weight is 380 g/mol. The predicted octanol–water partition coefficient (Wildman–Crippen LogP) is 2.98. The van der Waals surface area contributed by atoms with Crippen molar-refractivity contribution in [2.45, 2.75) is 44.6 Å². The van der Waals surface area contributed by atoms with Gasteiger partial charge in [0.15, 0.2) is 0 Å². The molecule has 4 rings (SSSR count). The lowest BCUT2D eigenvalue weighted by molar-refractivity contribution is -0.130. The SMILES string of the molecule is CC(=O)N1CCC2(CCc3c(NCc4ccccc4)nc(N(C)C)nc32)CC1. The van der Waals surface area contributed by atoms with Crippen molar-refractivity contribution in [3.8, 4) is 0 Å². The molecule has 6 nitrogen and oxygen atoms in total. The number of aromatic nitrogens is 2. The number of nitrogens with one attached hydrogen (secondary N) is 1. The van der Waals surface area contributed by atoms with Crippen molar-refractivity contribution >= 4 is 17.7 Å². The van der Waals surface area contributed by atoms with Gasteiger partial charge in [-0.15, -0.1) is 0 Å². The van der Waals surface area contributed by atoms with Gasteiger partial charge >= 0.3 is 0 Å². The maximum absolute atomic E-state index is 11.7. The van der Waals surface area contributed by atoms with E-state index < -0.39 is 0 Å². The van der Waals surface area contributed by atoms with E-state index in [4.69, 9.17) is 9.97 Å². The number of fused-ring (bicyclic) bond motifs is 2. The Morgan fingerprint density at radius 2 is 1.86 bits per heavy atom. The highest BCUT2D eigenvalue weighted by atomic mass is 16.2. The topological polar surface area (TPSA) is 61.4 Å². The van der Waals surface area contributed by atoms with Crippen molar-refractivity contribution in [1.82, 2.24) is 14.9 Å². The summed E-state index contributed by atoms with van der Waals surface area (Å²) >= 11 is 0. The van der Waals surface area contributed by atoms with E-state index in [1.807, 2.05) is 30.0 Å². The zero-order valence-corrected chi connectivity index (χ0v) is 17.0. The van der Waals surface area contributed by atoms with Gasteiger partial charge in [-0.05, 0) is 31.2 Å². The molecular formula is C22H29N5O. The number of carbonyl (C=O) groups is 1. The van der Waals surface area contributed by atoms with Gasteiger partial charge in [-0.25, -0.2) is 4.98 Å². The monoisotopic (exact) mass is 379 g/mol. The van der Waals surface area contributed by atoms with Crippen molar-refractivity contribution in [3.63, 3.8) is 0 Å². The van der Waals surface area contributed by atoms with Crippen molar-refractivity contribution in [2.75, 3.05) is 37.4 Å². The summed E-state index contributed by atoms with van der Waals surface area (Å²) in [7, 11) is 3.98.